The smallest absolute Gasteiger partial charge is 0.161 e. The molecule has 0 heterocycles. The average molecular weight is 232 g/mol. The standard InChI is InChI=1S/C11H17NO2.ClH/c1-3-12-8-9-5-6-10(13)11(7-9)14-4-2;/h5-7,12-13H,3-4,8H2,1-2H3;1H. The average Bonchev–Trinajstić information content (AvgIpc) is 2.19. The molecule has 3 nitrogen and oxygen atoms in total. The van der Waals surface area contributed by atoms with Gasteiger partial charge < -0.3 is 15.2 Å². The summed E-state index contributed by atoms with van der Waals surface area (Å²) in [5, 5.41) is 12.7. The number of benzene rings is 1. The molecule has 1 rings (SSSR count). The third-order valence-corrected chi connectivity index (χ3v) is 1.90. The molecule has 0 aromatic heterocycles. The molecule has 86 valence electrons. The molecule has 0 unspecified atom stereocenters. The largest absolute Gasteiger partial charge is 0.504 e. The molecule has 0 saturated heterocycles. The minimum atomic E-state index is 0. The van der Waals surface area contributed by atoms with Crippen LogP contribution in [0.4, 0.5) is 0 Å². The number of halogens is 1. The van der Waals surface area contributed by atoms with E-state index in [0.717, 1.165) is 18.7 Å². The van der Waals surface area contributed by atoms with Gasteiger partial charge >= 0.3 is 0 Å². The van der Waals surface area contributed by atoms with E-state index in [0.29, 0.717) is 12.4 Å². The summed E-state index contributed by atoms with van der Waals surface area (Å²) in [6.45, 7) is 6.26. The van der Waals surface area contributed by atoms with Gasteiger partial charge in [0.05, 0.1) is 6.61 Å². The molecule has 2 N–H and O–H groups in total. The van der Waals surface area contributed by atoms with Crippen molar-refractivity contribution in [3.63, 3.8) is 0 Å². The van der Waals surface area contributed by atoms with Crippen molar-refractivity contribution in [3.05, 3.63) is 23.8 Å². The summed E-state index contributed by atoms with van der Waals surface area (Å²) in [4.78, 5) is 0. The molecule has 0 fully saturated rings. The number of phenolic OH excluding ortho intramolecular Hbond substituents is 1. The first-order valence-electron chi connectivity index (χ1n) is 4.93. The minimum Gasteiger partial charge on any atom is -0.504 e. The fourth-order valence-corrected chi connectivity index (χ4v) is 1.21. The highest BCUT2D eigenvalue weighted by atomic mass is 35.5. The molecule has 0 spiro atoms. The minimum absolute atomic E-state index is 0. The molecule has 0 radical (unpaired) electrons. The summed E-state index contributed by atoms with van der Waals surface area (Å²) in [6.07, 6.45) is 0. The van der Waals surface area contributed by atoms with Gasteiger partial charge in [0.15, 0.2) is 11.5 Å². The second-order valence-corrected chi connectivity index (χ2v) is 3.02. The van der Waals surface area contributed by atoms with Gasteiger partial charge in [0.2, 0.25) is 0 Å². The van der Waals surface area contributed by atoms with Crippen molar-refractivity contribution in [3.8, 4) is 11.5 Å². The molecule has 0 aliphatic heterocycles. The Balaban J connectivity index is 0.00000196. The lowest BCUT2D eigenvalue weighted by atomic mass is 10.2. The Bertz CT molecular complexity index is 292. The van der Waals surface area contributed by atoms with Crippen molar-refractivity contribution in [2.75, 3.05) is 13.2 Å². The molecule has 0 aliphatic rings. The molecule has 1 aromatic rings. The monoisotopic (exact) mass is 231 g/mol. The number of aromatic hydroxyl groups is 1. The highest BCUT2D eigenvalue weighted by Gasteiger charge is 2.02. The van der Waals surface area contributed by atoms with E-state index in [9.17, 15) is 5.11 Å². The van der Waals surface area contributed by atoms with E-state index in [4.69, 9.17) is 4.74 Å². The SMILES string of the molecule is CCNCc1ccc(O)c(OCC)c1.Cl. The summed E-state index contributed by atoms with van der Waals surface area (Å²) in [6, 6.07) is 5.42. The van der Waals surface area contributed by atoms with Gasteiger partial charge in [-0.1, -0.05) is 13.0 Å². The van der Waals surface area contributed by atoms with E-state index >= 15 is 0 Å². The Morgan fingerprint density at radius 2 is 2.07 bits per heavy atom. The zero-order valence-electron chi connectivity index (χ0n) is 9.12. The van der Waals surface area contributed by atoms with Crippen LogP contribution >= 0.6 is 12.4 Å². The fraction of sp³-hybridized carbons (Fsp3) is 0.455. The van der Waals surface area contributed by atoms with Crippen LogP contribution in [-0.4, -0.2) is 18.3 Å². The van der Waals surface area contributed by atoms with Gasteiger partial charge in [-0.05, 0) is 31.2 Å². The zero-order chi connectivity index (χ0) is 10.4. The Morgan fingerprint density at radius 1 is 1.33 bits per heavy atom. The predicted molar refractivity (Wildman–Crippen MR) is 63.9 cm³/mol. The van der Waals surface area contributed by atoms with Gasteiger partial charge in [-0.25, -0.2) is 0 Å². The molecule has 0 bridgehead atoms. The highest BCUT2D eigenvalue weighted by molar-refractivity contribution is 5.85. The quantitative estimate of drug-likeness (QED) is 0.817. The van der Waals surface area contributed by atoms with Gasteiger partial charge in [0, 0.05) is 6.54 Å². The summed E-state index contributed by atoms with van der Waals surface area (Å²) < 4.78 is 5.28. The molecule has 0 atom stereocenters. The van der Waals surface area contributed by atoms with E-state index in [1.807, 2.05) is 19.1 Å². The van der Waals surface area contributed by atoms with Crippen molar-refractivity contribution in [1.82, 2.24) is 5.32 Å². The lowest BCUT2D eigenvalue weighted by molar-refractivity contribution is 0.317. The molecule has 1 aromatic carbocycles. The van der Waals surface area contributed by atoms with Crippen LogP contribution in [0.3, 0.4) is 0 Å². The Morgan fingerprint density at radius 3 is 2.67 bits per heavy atom. The Labute approximate surface area is 96.9 Å². The van der Waals surface area contributed by atoms with E-state index in [1.54, 1.807) is 6.07 Å². The van der Waals surface area contributed by atoms with Gasteiger partial charge in [-0.3, -0.25) is 0 Å². The van der Waals surface area contributed by atoms with Crippen molar-refractivity contribution < 1.29 is 9.84 Å². The number of nitrogens with one attached hydrogen (secondary N) is 1. The Kier molecular flexibility index (Phi) is 6.92. The number of rotatable bonds is 5. The maximum absolute atomic E-state index is 9.45. The summed E-state index contributed by atoms with van der Waals surface area (Å²) in [7, 11) is 0. The van der Waals surface area contributed by atoms with Crippen LogP contribution in [0.1, 0.15) is 19.4 Å². The van der Waals surface area contributed by atoms with Crippen molar-refractivity contribution in [2.24, 2.45) is 0 Å². The molecular weight excluding hydrogens is 214 g/mol. The number of hydrogen-bond acceptors (Lipinski definition) is 3. The topological polar surface area (TPSA) is 41.5 Å². The second kappa shape index (κ2) is 7.37. The lowest BCUT2D eigenvalue weighted by Crippen LogP contribution is -2.11. The fourth-order valence-electron chi connectivity index (χ4n) is 1.21. The first kappa shape index (κ1) is 14.1. The van der Waals surface area contributed by atoms with Crippen LogP contribution in [0.2, 0.25) is 0 Å². The van der Waals surface area contributed by atoms with Crippen molar-refractivity contribution in [2.45, 2.75) is 20.4 Å². The van der Waals surface area contributed by atoms with Crippen LogP contribution < -0.4 is 10.1 Å². The normalized spacial score (nSPS) is 9.47. The summed E-state index contributed by atoms with van der Waals surface area (Å²) in [5.41, 5.74) is 1.12. The predicted octanol–water partition coefficient (Wildman–Crippen LogP) is 2.32. The summed E-state index contributed by atoms with van der Waals surface area (Å²) >= 11 is 0. The molecule has 0 saturated carbocycles. The third kappa shape index (κ3) is 4.40. The molecule has 4 heteroatoms. The van der Waals surface area contributed by atoms with Gasteiger partial charge in [-0.2, -0.15) is 0 Å². The van der Waals surface area contributed by atoms with Crippen LogP contribution in [0.5, 0.6) is 11.5 Å². The van der Waals surface area contributed by atoms with Crippen molar-refractivity contribution >= 4 is 12.4 Å². The highest BCUT2D eigenvalue weighted by Crippen LogP contribution is 2.26. The molecule has 15 heavy (non-hydrogen) atoms. The van der Waals surface area contributed by atoms with Gasteiger partial charge in [-0.15, -0.1) is 12.4 Å². The maximum Gasteiger partial charge on any atom is 0.161 e. The third-order valence-electron chi connectivity index (χ3n) is 1.90. The first-order valence-corrected chi connectivity index (χ1v) is 4.93. The first-order chi connectivity index (χ1) is 6.77. The molecule has 0 aliphatic carbocycles. The van der Waals surface area contributed by atoms with E-state index in [-0.39, 0.29) is 18.2 Å². The van der Waals surface area contributed by atoms with E-state index in [1.165, 1.54) is 0 Å². The maximum atomic E-state index is 9.45. The van der Waals surface area contributed by atoms with Gasteiger partial charge in [0.1, 0.15) is 0 Å². The van der Waals surface area contributed by atoms with Crippen LogP contribution in [0.15, 0.2) is 18.2 Å². The van der Waals surface area contributed by atoms with Crippen LogP contribution in [-0.2, 0) is 6.54 Å². The molecular formula is C11H18ClNO2. The zero-order valence-corrected chi connectivity index (χ0v) is 9.93. The van der Waals surface area contributed by atoms with Gasteiger partial charge in [0.25, 0.3) is 0 Å². The van der Waals surface area contributed by atoms with Crippen molar-refractivity contribution in [1.29, 1.82) is 0 Å². The lowest BCUT2D eigenvalue weighted by Gasteiger charge is -2.08. The second-order valence-electron chi connectivity index (χ2n) is 3.02. The van der Waals surface area contributed by atoms with Crippen LogP contribution in [0.25, 0.3) is 0 Å². The summed E-state index contributed by atoms with van der Waals surface area (Å²) in [5.74, 6) is 0.759. The van der Waals surface area contributed by atoms with Crippen LogP contribution in [0, 0.1) is 0 Å². The van der Waals surface area contributed by atoms with E-state index < -0.39 is 0 Å². The number of hydrogen-bond donors (Lipinski definition) is 2. The molecule has 0 amide bonds. The number of ether oxygens (including phenoxy) is 1. The van der Waals surface area contributed by atoms with E-state index in [2.05, 4.69) is 12.2 Å². The number of phenols is 1. The Hall–Kier alpha value is -0.930.